The van der Waals surface area contributed by atoms with Gasteiger partial charge in [-0.3, -0.25) is 0 Å². The SMILES string of the molecule is CCOC(CNc1c(C)cc(Br)cc1C)OCC. The number of anilines is 1. The Morgan fingerprint density at radius 1 is 1.11 bits per heavy atom. The normalized spacial score (nSPS) is 11.0. The highest BCUT2D eigenvalue weighted by Crippen LogP contribution is 2.25. The lowest BCUT2D eigenvalue weighted by atomic mass is 10.1. The average molecular weight is 316 g/mol. The molecule has 0 radical (unpaired) electrons. The second kappa shape index (κ2) is 7.77. The maximum absolute atomic E-state index is 5.51. The second-order valence-electron chi connectivity index (χ2n) is 4.14. The molecule has 1 aromatic carbocycles. The van der Waals surface area contributed by atoms with Crippen molar-refractivity contribution in [1.82, 2.24) is 0 Å². The number of ether oxygens (including phenoxy) is 2. The lowest BCUT2D eigenvalue weighted by Crippen LogP contribution is -2.27. The first-order valence-corrected chi connectivity index (χ1v) is 7.11. The zero-order valence-corrected chi connectivity index (χ0v) is 13.1. The average Bonchev–Trinajstić information content (AvgIpc) is 2.28. The third kappa shape index (κ3) is 4.59. The Morgan fingerprint density at radius 3 is 2.06 bits per heavy atom. The molecule has 1 aromatic rings. The molecule has 0 amide bonds. The van der Waals surface area contributed by atoms with Gasteiger partial charge in [-0.1, -0.05) is 15.9 Å². The van der Waals surface area contributed by atoms with Gasteiger partial charge in [0.25, 0.3) is 0 Å². The van der Waals surface area contributed by atoms with Crippen molar-refractivity contribution in [2.45, 2.75) is 34.0 Å². The van der Waals surface area contributed by atoms with Gasteiger partial charge in [0.2, 0.25) is 0 Å². The van der Waals surface area contributed by atoms with E-state index in [0.29, 0.717) is 19.8 Å². The molecule has 18 heavy (non-hydrogen) atoms. The van der Waals surface area contributed by atoms with E-state index in [-0.39, 0.29) is 6.29 Å². The molecule has 0 atom stereocenters. The van der Waals surface area contributed by atoms with Crippen LogP contribution < -0.4 is 5.32 Å². The van der Waals surface area contributed by atoms with Crippen molar-refractivity contribution in [3.8, 4) is 0 Å². The van der Waals surface area contributed by atoms with E-state index in [1.807, 2.05) is 13.8 Å². The number of halogens is 1. The second-order valence-corrected chi connectivity index (χ2v) is 5.05. The Labute approximate surface area is 118 Å². The van der Waals surface area contributed by atoms with Gasteiger partial charge in [-0.2, -0.15) is 0 Å². The fourth-order valence-electron chi connectivity index (χ4n) is 1.91. The van der Waals surface area contributed by atoms with Crippen LogP contribution in [-0.4, -0.2) is 26.0 Å². The number of rotatable bonds is 7. The van der Waals surface area contributed by atoms with Gasteiger partial charge in [-0.05, 0) is 51.0 Å². The smallest absolute Gasteiger partial charge is 0.174 e. The first kappa shape index (κ1) is 15.5. The molecule has 4 heteroatoms. The summed E-state index contributed by atoms with van der Waals surface area (Å²) in [4.78, 5) is 0. The predicted octanol–water partition coefficient (Wildman–Crippen LogP) is 3.88. The van der Waals surface area contributed by atoms with E-state index in [4.69, 9.17) is 9.47 Å². The van der Waals surface area contributed by atoms with E-state index in [1.165, 1.54) is 11.1 Å². The first-order chi connectivity index (χ1) is 8.58. The van der Waals surface area contributed by atoms with Gasteiger partial charge >= 0.3 is 0 Å². The number of hydrogen-bond donors (Lipinski definition) is 1. The summed E-state index contributed by atoms with van der Waals surface area (Å²) in [6, 6.07) is 4.21. The van der Waals surface area contributed by atoms with Gasteiger partial charge in [0, 0.05) is 23.4 Å². The number of hydrogen-bond acceptors (Lipinski definition) is 3. The highest BCUT2D eigenvalue weighted by atomic mass is 79.9. The summed E-state index contributed by atoms with van der Waals surface area (Å²) in [6.45, 7) is 10.1. The Hall–Kier alpha value is -0.580. The summed E-state index contributed by atoms with van der Waals surface area (Å²) >= 11 is 3.50. The summed E-state index contributed by atoms with van der Waals surface area (Å²) in [7, 11) is 0. The topological polar surface area (TPSA) is 30.5 Å². The van der Waals surface area contributed by atoms with Crippen LogP contribution in [0.4, 0.5) is 5.69 Å². The summed E-state index contributed by atoms with van der Waals surface area (Å²) in [5.74, 6) is 0. The van der Waals surface area contributed by atoms with Crippen LogP contribution in [0.3, 0.4) is 0 Å². The van der Waals surface area contributed by atoms with E-state index in [2.05, 4.69) is 47.2 Å². The minimum atomic E-state index is -0.192. The number of nitrogens with one attached hydrogen (secondary N) is 1. The molecular weight excluding hydrogens is 294 g/mol. The summed E-state index contributed by atoms with van der Waals surface area (Å²) in [5, 5.41) is 3.41. The molecule has 0 aliphatic heterocycles. The summed E-state index contributed by atoms with van der Waals surface area (Å²) < 4.78 is 12.1. The highest BCUT2D eigenvalue weighted by Gasteiger charge is 2.10. The van der Waals surface area contributed by atoms with E-state index >= 15 is 0 Å². The lowest BCUT2D eigenvalue weighted by molar-refractivity contribution is -0.126. The predicted molar refractivity (Wildman–Crippen MR) is 79.1 cm³/mol. The van der Waals surface area contributed by atoms with Crippen LogP contribution in [0.1, 0.15) is 25.0 Å². The van der Waals surface area contributed by atoms with E-state index in [1.54, 1.807) is 0 Å². The van der Waals surface area contributed by atoms with Crippen molar-refractivity contribution in [2.24, 2.45) is 0 Å². The van der Waals surface area contributed by atoms with Gasteiger partial charge in [-0.15, -0.1) is 0 Å². The third-order valence-corrected chi connectivity index (χ3v) is 3.11. The van der Waals surface area contributed by atoms with Gasteiger partial charge in [0.1, 0.15) is 0 Å². The molecule has 0 aliphatic rings. The van der Waals surface area contributed by atoms with E-state index in [9.17, 15) is 0 Å². The summed E-state index contributed by atoms with van der Waals surface area (Å²) in [6.07, 6.45) is -0.192. The van der Waals surface area contributed by atoms with Crippen molar-refractivity contribution < 1.29 is 9.47 Å². The zero-order chi connectivity index (χ0) is 13.5. The molecule has 0 aliphatic carbocycles. The maximum Gasteiger partial charge on any atom is 0.174 e. The maximum atomic E-state index is 5.51. The van der Waals surface area contributed by atoms with Crippen LogP contribution >= 0.6 is 15.9 Å². The van der Waals surface area contributed by atoms with Crippen LogP contribution in [0.5, 0.6) is 0 Å². The Morgan fingerprint density at radius 2 is 1.61 bits per heavy atom. The van der Waals surface area contributed by atoms with Crippen LogP contribution in [0.15, 0.2) is 16.6 Å². The van der Waals surface area contributed by atoms with Crippen molar-refractivity contribution >= 4 is 21.6 Å². The summed E-state index contributed by atoms with van der Waals surface area (Å²) in [5.41, 5.74) is 3.59. The lowest BCUT2D eigenvalue weighted by Gasteiger charge is -2.20. The largest absolute Gasteiger partial charge is 0.380 e. The molecule has 0 saturated carbocycles. The molecule has 0 unspecified atom stereocenters. The van der Waals surface area contributed by atoms with Crippen LogP contribution in [0, 0.1) is 13.8 Å². The van der Waals surface area contributed by atoms with E-state index < -0.39 is 0 Å². The molecule has 0 bridgehead atoms. The van der Waals surface area contributed by atoms with Gasteiger partial charge in [-0.25, -0.2) is 0 Å². The van der Waals surface area contributed by atoms with Crippen LogP contribution in [0.25, 0.3) is 0 Å². The minimum absolute atomic E-state index is 0.192. The molecule has 0 aromatic heterocycles. The molecule has 0 spiro atoms. The van der Waals surface area contributed by atoms with Gasteiger partial charge in [0.15, 0.2) is 6.29 Å². The number of benzene rings is 1. The molecule has 0 saturated heterocycles. The monoisotopic (exact) mass is 315 g/mol. The minimum Gasteiger partial charge on any atom is -0.380 e. The van der Waals surface area contributed by atoms with E-state index in [0.717, 1.165) is 10.2 Å². The van der Waals surface area contributed by atoms with Crippen molar-refractivity contribution in [1.29, 1.82) is 0 Å². The molecule has 3 nitrogen and oxygen atoms in total. The standard InChI is InChI=1S/C14H22BrNO2/c1-5-17-13(18-6-2)9-16-14-10(3)7-12(15)8-11(14)4/h7-8,13,16H,5-6,9H2,1-4H3. The Kier molecular flexibility index (Phi) is 6.68. The fraction of sp³-hybridized carbons (Fsp3) is 0.571. The van der Waals surface area contributed by atoms with Crippen molar-refractivity contribution in [3.63, 3.8) is 0 Å². The fourth-order valence-corrected chi connectivity index (χ4v) is 2.60. The molecule has 1 rings (SSSR count). The zero-order valence-electron chi connectivity index (χ0n) is 11.5. The van der Waals surface area contributed by atoms with Crippen molar-refractivity contribution in [3.05, 3.63) is 27.7 Å². The first-order valence-electron chi connectivity index (χ1n) is 6.32. The van der Waals surface area contributed by atoms with Crippen molar-refractivity contribution in [2.75, 3.05) is 25.1 Å². The van der Waals surface area contributed by atoms with Crippen LogP contribution in [-0.2, 0) is 9.47 Å². The Balaban J connectivity index is 2.66. The quantitative estimate of drug-likeness (QED) is 0.775. The number of aryl methyl sites for hydroxylation is 2. The molecule has 102 valence electrons. The van der Waals surface area contributed by atoms with Gasteiger partial charge in [0.05, 0.1) is 6.54 Å². The molecular formula is C14H22BrNO2. The Bertz CT molecular complexity index is 353. The molecule has 0 fully saturated rings. The molecule has 1 N–H and O–H groups in total. The van der Waals surface area contributed by atoms with Crippen LogP contribution in [0.2, 0.25) is 0 Å². The van der Waals surface area contributed by atoms with Gasteiger partial charge < -0.3 is 14.8 Å². The molecule has 0 heterocycles. The third-order valence-electron chi connectivity index (χ3n) is 2.65. The highest BCUT2D eigenvalue weighted by molar-refractivity contribution is 9.10.